The normalized spacial score (nSPS) is 14.0. The van der Waals surface area contributed by atoms with Gasteiger partial charge in [0.1, 0.15) is 0 Å². The molecule has 0 saturated heterocycles. The first-order valence-corrected chi connectivity index (χ1v) is 9.75. The van der Waals surface area contributed by atoms with E-state index in [1.807, 2.05) is 13.8 Å². The molecule has 33 heavy (non-hydrogen) atoms. The number of carbonyl (C=O) groups excluding carboxylic acids is 2. The summed E-state index contributed by atoms with van der Waals surface area (Å²) in [5.74, 6) is -2.12. The first-order valence-electron chi connectivity index (χ1n) is 9.75. The number of nitrogens with one attached hydrogen (secondary N) is 2. The van der Waals surface area contributed by atoms with Crippen LogP contribution in [0.25, 0.3) is 0 Å². The van der Waals surface area contributed by atoms with Gasteiger partial charge in [0, 0.05) is 11.3 Å². The van der Waals surface area contributed by atoms with Crippen LogP contribution in [0.5, 0.6) is 0 Å². The Balaban J connectivity index is 2.91. The van der Waals surface area contributed by atoms with Crippen LogP contribution in [0.2, 0.25) is 0 Å². The summed E-state index contributed by atoms with van der Waals surface area (Å²) in [4.78, 5) is 29.1. The quantitative estimate of drug-likeness (QED) is 0.272. The van der Waals surface area contributed by atoms with Gasteiger partial charge in [0.05, 0.1) is 11.1 Å². The number of amides is 2. The largest absolute Gasteiger partial charge is 0.416 e. The van der Waals surface area contributed by atoms with E-state index in [4.69, 9.17) is 4.84 Å². The van der Waals surface area contributed by atoms with Gasteiger partial charge in [-0.15, -0.1) is 0 Å². The highest BCUT2D eigenvalue weighted by molar-refractivity contribution is 5.94. The lowest BCUT2D eigenvalue weighted by molar-refractivity contribution is -0.143. The fourth-order valence-electron chi connectivity index (χ4n) is 2.45. The molecule has 0 fully saturated rings. The molecule has 1 aromatic carbocycles. The van der Waals surface area contributed by atoms with Crippen LogP contribution in [0.3, 0.4) is 0 Å². The molecule has 11 heteroatoms. The van der Waals surface area contributed by atoms with Gasteiger partial charge in [0.25, 0.3) is 11.8 Å². The van der Waals surface area contributed by atoms with Crippen molar-refractivity contribution in [3.63, 3.8) is 0 Å². The predicted octanol–water partition coefficient (Wildman–Crippen LogP) is 5.71. The van der Waals surface area contributed by atoms with Crippen LogP contribution >= 0.6 is 0 Å². The molecule has 2 amide bonds. The van der Waals surface area contributed by atoms with Crippen LogP contribution in [-0.4, -0.2) is 17.9 Å². The maximum absolute atomic E-state index is 12.9. The van der Waals surface area contributed by atoms with Crippen molar-refractivity contribution in [1.82, 2.24) is 10.8 Å². The molecule has 0 heterocycles. The summed E-state index contributed by atoms with van der Waals surface area (Å²) in [6, 6.07) is 0.401. The van der Waals surface area contributed by atoms with Crippen LogP contribution in [0.15, 0.2) is 54.3 Å². The monoisotopic (exact) mass is 478 g/mol. The number of halogens is 6. The summed E-state index contributed by atoms with van der Waals surface area (Å²) in [5.41, 5.74) is -1.16. The van der Waals surface area contributed by atoms with Crippen molar-refractivity contribution in [1.29, 1.82) is 0 Å². The highest BCUT2D eigenvalue weighted by atomic mass is 19.4. The number of hydrogen-bond donors (Lipinski definition) is 2. The van der Waals surface area contributed by atoms with Gasteiger partial charge in [-0.2, -0.15) is 26.3 Å². The molecule has 0 aliphatic carbocycles. The number of allylic oxidation sites excluding steroid dienone is 4. The lowest BCUT2D eigenvalue weighted by Gasteiger charge is -2.16. The zero-order chi connectivity index (χ0) is 25.4. The van der Waals surface area contributed by atoms with Crippen molar-refractivity contribution in [3.05, 3.63) is 71.0 Å². The number of hydroxylamine groups is 1. The van der Waals surface area contributed by atoms with Crippen LogP contribution in [0.4, 0.5) is 26.3 Å². The SMILES string of the molecule is C=C/C(=C\C=C(/C)CCC)NC(=O)C(C)ONC(=O)c1cc(C(F)(F)F)cc(C(F)(F)F)c1. The molecule has 1 aromatic rings. The van der Waals surface area contributed by atoms with Gasteiger partial charge < -0.3 is 5.32 Å². The van der Waals surface area contributed by atoms with Crippen molar-refractivity contribution in [2.75, 3.05) is 0 Å². The van der Waals surface area contributed by atoms with E-state index in [-0.39, 0.29) is 18.2 Å². The second-order valence-corrected chi connectivity index (χ2v) is 7.06. The van der Waals surface area contributed by atoms with Gasteiger partial charge in [-0.25, -0.2) is 5.48 Å². The minimum atomic E-state index is -5.11. The number of alkyl halides is 6. The topological polar surface area (TPSA) is 67.4 Å². The summed E-state index contributed by atoms with van der Waals surface area (Å²) in [7, 11) is 0. The van der Waals surface area contributed by atoms with Gasteiger partial charge in [0.15, 0.2) is 6.10 Å². The highest BCUT2D eigenvalue weighted by Gasteiger charge is 2.37. The molecule has 0 aliphatic heterocycles. The Kier molecular flexibility index (Phi) is 9.90. The third-order valence-electron chi connectivity index (χ3n) is 4.23. The first-order chi connectivity index (χ1) is 15.2. The summed E-state index contributed by atoms with van der Waals surface area (Å²) in [5, 5.41) is 2.47. The van der Waals surface area contributed by atoms with E-state index < -0.39 is 47.0 Å². The zero-order valence-corrected chi connectivity index (χ0v) is 18.2. The summed E-state index contributed by atoms with van der Waals surface area (Å²) in [6.07, 6.45) is -5.02. The van der Waals surface area contributed by atoms with Crippen molar-refractivity contribution in [3.8, 4) is 0 Å². The molecular formula is C22H24F6N2O3. The average molecular weight is 478 g/mol. The van der Waals surface area contributed by atoms with Crippen molar-refractivity contribution >= 4 is 11.8 Å². The molecule has 182 valence electrons. The maximum atomic E-state index is 12.9. The number of rotatable bonds is 9. The molecule has 1 atom stereocenters. The zero-order valence-electron chi connectivity index (χ0n) is 18.2. The second kappa shape index (κ2) is 11.7. The maximum Gasteiger partial charge on any atom is 0.416 e. The number of benzene rings is 1. The van der Waals surface area contributed by atoms with E-state index in [9.17, 15) is 35.9 Å². The Morgan fingerprint density at radius 2 is 1.61 bits per heavy atom. The Morgan fingerprint density at radius 1 is 1.06 bits per heavy atom. The Bertz CT molecular complexity index is 901. The minimum Gasteiger partial charge on any atom is -0.324 e. The fourth-order valence-corrected chi connectivity index (χ4v) is 2.45. The molecule has 1 rings (SSSR count). The Hall–Kier alpha value is -3.08. The van der Waals surface area contributed by atoms with Crippen LogP contribution in [0.1, 0.15) is 55.1 Å². The predicted molar refractivity (Wildman–Crippen MR) is 110 cm³/mol. The van der Waals surface area contributed by atoms with E-state index in [2.05, 4.69) is 11.9 Å². The lowest BCUT2D eigenvalue weighted by atomic mass is 10.0. The van der Waals surface area contributed by atoms with Gasteiger partial charge >= 0.3 is 12.4 Å². The first kappa shape index (κ1) is 28.0. The number of carbonyl (C=O) groups is 2. The average Bonchev–Trinajstić information content (AvgIpc) is 2.73. The molecule has 5 nitrogen and oxygen atoms in total. The molecule has 0 aromatic heterocycles. The van der Waals surface area contributed by atoms with Gasteiger partial charge in [-0.3, -0.25) is 14.4 Å². The molecular weight excluding hydrogens is 454 g/mol. The lowest BCUT2D eigenvalue weighted by Crippen LogP contribution is -2.38. The Morgan fingerprint density at radius 3 is 2.06 bits per heavy atom. The van der Waals surface area contributed by atoms with Crippen LogP contribution < -0.4 is 10.8 Å². The molecule has 0 saturated carbocycles. The minimum absolute atomic E-state index is 0.104. The van der Waals surface area contributed by atoms with E-state index >= 15 is 0 Å². The third kappa shape index (κ3) is 9.13. The number of hydrogen-bond acceptors (Lipinski definition) is 3. The molecule has 0 aliphatic rings. The second-order valence-electron chi connectivity index (χ2n) is 7.06. The molecule has 0 radical (unpaired) electrons. The fraction of sp³-hybridized carbons (Fsp3) is 0.364. The molecule has 0 bridgehead atoms. The van der Waals surface area contributed by atoms with E-state index in [1.165, 1.54) is 13.0 Å². The standard InChI is InChI=1S/C22H24F6N2O3/c1-5-7-13(3)8-9-18(6-2)29-19(31)14(4)33-30-20(32)15-10-16(21(23,24)25)12-17(11-15)22(26,27)28/h6,8-12,14H,2,5,7H2,1,3-4H3,(H,29,31)(H,30,32)/b13-8+,18-9+. The molecule has 1 unspecified atom stereocenters. The van der Waals surface area contributed by atoms with Crippen molar-refractivity contribution < 1.29 is 40.8 Å². The van der Waals surface area contributed by atoms with Gasteiger partial charge in [0.2, 0.25) is 0 Å². The molecule has 0 spiro atoms. The van der Waals surface area contributed by atoms with Crippen molar-refractivity contribution in [2.45, 2.75) is 52.1 Å². The van der Waals surface area contributed by atoms with Crippen LogP contribution in [0, 0.1) is 0 Å². The Labute approximate surface area is 187 Å². The van der Waals surface area contributed by atoms with E-state index in [0.29, 0.717) is 5.70 Å². The summed E-state index contributed by atoms with van der Waals surface area (Å²) >= 11 is 0. The van der Waals surface area contributed by atoms with E-state index in [1.54, 1.807) is 17.6 Å². The van der Waals surface area contributed by atoms with Gasteiger partial charge in [-0.1, -0.05) is 31.6 Å². The van der Waals surface area contributed by atoms with Gasteiger partial charge in [-0.05, 0) is 50.6 Å². The molecule has 2 N–H and O–H groups in total. The van der Waals surface area contributed by atoms with Crippen molar-refractivity contribution in [2.24, 2.45) is 0 Å². The summed E-state index contributed by atoms with van der Waals surface area (Å²) < 4.78 is 77.6. The van der Waals surface area contributed by atoms with E-state index in [0.717, 1.165) is 18.4 Å². The third-order valence-corrected chi connectivity index (χ3v) is 4.23. The summed E-state index contributed by atoms with van der Waals surface area (Å²) in [6.45, 7) is 8.70. The smallest absolute Gasteiger partial charge is 0.324 e. The highest BCUT2D eigenvalue weighted by Crippen LogP contribution is 2.36. The van der Waals surface area contributed by atoms with Crippen LogP contribution in [-0.2, 0) is 22.0 Å².